The molecule has 23 heavy (non-hydrogen) atoms. The number of ether oxygens (including phenoxy) is 3. The first-order valence-corrected chi connectivity index (χ1v) is 7.85. The third-order valence-corrected chi connectivity index (χ3v) is 4.16. The number of nitrogens with zero attached hydrogens (tertiary/aromatic N) is 1. The molecule has 1 unspecified atom stereocenters. The molecule has 0 radical (unpaired) electrons. The van der Waals surface area contributed by atoms with Crippen LogP contribution in [0.3, 0.4) is 0 Å². The minimum atomic E-state index is -0.122. The van der Waals surface area contributed by atoms with E-state index in [9.17, 15) is 4.79 Å². The van der Waals surface area contributed by atoms with Crippen LogP contribution in [0, 0.1) is 0 Å². The molecule has 1 heterocycles. The van der Waals surface area contributed by atoms with E-state index in [1.807, 2.05) is 17.9 Å². The monoisotopic (exact) mass is 322 g/mol. The van der Waals surface area contributed by atoms with Crippen LogP contribution in [-0.4, -0.2) is 51.3 Å². The van der Waals surface area contributed by atoms with Gasteiger partial charge in [0.25, 0.3) is 0 Å². The highest BCUT2D eigenvalue weighted by Gasteiger charge is 2.25. The number of benzene rings is 1. The Morgan fingerprint density at radius 3 is 2.39 bits per heavy atom. The number of fused-ring (bicyclic) bond motifs is 1. The van der Waals surface area contributed by atoms with Crippen molar-refractivity contribution in [2.24, 2.45) is 5.73 Å². The third-order valence-electron chi connectivity index (χ3n) is 4.16. The second-order valence-corrected chi connectivity index (χ2v) is 5.85. The Morgan fingerprint density at radius 1 is 1.17 bits per heavy atom. The van der Waals surface area contributed by atoms with Crippen molar-refractivity contribution in [2.45, 2.75) is 32.2 Å². The van der Waals surface area contributed by atoms with E-state index in [-0.39, 0.29) is 11.9 Å². The Bertz CT molecular complexity index is 572. The summed E-state index contributed by atoms with van der Waals surface area (Å²) in [4.78, 5) is 14.2. The highest BCUT2D eigenvalue weighted by Crippen LogP contribution is 2.43. The van der Waals surface area contributed by atoms with Crippen LogP contribution in [0.2, 0.25) is 0 Å². The summed E-state index contributed by atoms with van der Waals surface area (Å²) in [6.07, 6.45) is 1.86. The smallest absolute Gasteiger partial charge is 0.224 e. The van der Waals surface area contributed by atoms with Crippen LogP contribution in [0.4, 0.5) is 0 Å². The van der Waals surface area contributed by atoms with Gasteiger partial charge in [-0.2, -0.15) is 0 Å². The zero-order chi connectivity index (χ0) is 17.0. The van der Waals surface area contributed by atoms with Crippen LogP contribution in [0.15, 0.2) is 6.07 Å². The fraction of sp³-hybridized carbons (Fsp3) is 0.588. The van der Waals surface area contributed by atoms with Crippen LogP contribution < -0.4 is 19.9 Å². The van der Waals surface area contributed by atoms with Crippen molar-refractivity contribution in [2.75, 3.05) is 34.4 Å². The summed E-state index contributed by atoms with van der Waals surface area (Å²) in [6, 6.07) is 1.86. The number of nitrogens with two attached hydrogens (primary N) is 1. The van der Waals surface area contributed by atoms with Gasteiger partial charge in [-0.25, -0.2) is 0 Å². The summed E-state index contributed by atoms with van der Waals surface area (Å²) in [5, 5.41) is 0. The third kappa shape index (κ3) is 3.69. The molecule has 0 bridgehead atoms. The van der Waals surface area contributed by atoms with E-state index < -0.39 is 0 Å². The van der Waals surface area contributed by atoms with Crippen molar-refractivity contribution in [1.29, 1.82) is 0 Å². The van der Waals surface area contributed by atoms with Gasteiger partial charge in [0.15, 0.2) is 11.5 Å². The normalized spacial score (nSPS) is 15.4. The van der Waals surface area contributed by atoms with Gasteiger partial charge in [-0.05, 0) is 31.4 Å². The molecule has 2 N–H and O–H groups in total. The van der Waals surface area contributed by atoms with E-state index in [4.69, 9.17) is 19.9 Å². The SMILES string of the molecule is COc1cc2c(c(OC)c1OC)CCN(C(=O)CC(C)N)CC2. The predicted molar refractivity (Wildman–Crippen MR) is 88.4 cm³/mol. The Hall–Kier alpha value is -1.95. The van der Waals surface area contributed by atoms with Gasteiger partial charge in [-0.15, -0.1) is 0 Å². The van der Waals surface area contributed by atoms with Crippen LogP contribution in [-0.2, 0) is 17.6 Å². The van der Waals surface area contributed by atoms with Crippen LogP contribution in [0.1, 0.15) is 24.5 Å². The summed E-state index contributed by atoms with van der Waals surface area (Å²) < 4.78 is 16.4. The van der Waals surface area contributed by atoms with Crippen molar-refractivity contribution in [3.8, 4) is 17.2 Å². The van der Waals surface area contributed by atoms with Gasteiger partial charge < -0.3 is 24.8 Å². The molecular formula is C17H26N2O4. The number of rotatable bonds is 5. The first-order chi connectivity index (χ1) is 11.0. The summed E-state index contributed by atoms with van der Waals surface area (Å²) in [5.74, 6) is 2.05. The molecule has 0 aliphatic carbocycles. The summed E-state index contributed by atoms with van der Waals surface area (Å²) >= 11 is 0. The maximum Gasteiger partial charge on any atom is 0.224 e. The Labute approximate surface area is 137 Å². The van der Waals surface area contributed by atoms with Gasteiger partial charge in [-0.1, -0.05) is 0 Å². The van der Waals surface area contributed by atoms with E-state index in [1.54, 1.807) is 21.3 Å². The average Bonchev–Trinajstić information content (AvgIpc) is 2.74. The highest BCUT2D eigenvalue weighted by atomic mass is 16.5. The molecule has 2 rings (SSSR count). The van der Waals surface area contributed by atoms with Crippen molar-refractivity contribution >= 4 is 5.91 Å². The zero-order valence-corrected chi connectivity index (χ0v) is 14.3. The van der Waals surface area contributed by atoms with Gasteiger partial charge in [0.2, 0.25) is 11.7 Å². The second-order valence-electron chi connectivity index (χ2n) is 5.85. The number of methoxy groups -OCH3 is 3. The maximum atomic E-state index is 12.3. The molecule has 6 nitrogen and oxygen atoms in total. The Morgan fingerprint density at radius 2 is 1.83 bits per heavy atom. The van der Waals surface area contributed by atoms with E-state index in [0.717, 1.165) is 24.0 Å². The summed E-state index contributed by atoms with van der Waals surface area (Å²) in [7, 11) is 4.84. The largest absolute Gasteiger partial charge is 0.493 e. The van der Waals surface area contributed by atoms with Crippen molar-refractivity contribution < 1.29 is 19.0 Å². The van der Waals surface area contributed by atoms with Crippen LogP contribution in [0.25, 0.3) is 0 Å². The van der Waals surface area contributed by atoms with Gasteiger partial charge >= 0.3 is 0 Å². The van der Waals surface area contributed by atoms with E-state index in [0.29, 0.717) is 36.8 Å². The van der Waals surface area contributed by atoms with E-state index in [1.165, 1.54) is 0 Å². The highest BCUT2D eigenvalue weighted by molar-refractivity contribution is 5.77. The van der Waals surface area contributed by atoms with Crippen molar-refractivity contribution in [3.63, 3.8) is 0 Å². The van der Waals surface area contributed by atoms with Gasteiger partial charge in [0, 0.05) is 31.1 Å². The molecule has 1 aliphatic rings. The molecule has 0 saturated heterocycles. The number of carbonyl (C=O) groups excluding carboxylic acids is 1. The fourth-order valence-corrected chi connectivity index (χ4v) is 3.03. The summed E-state index contributed by atoms with van der Waals surface area (Å²) in [5.41, 5.74) is 7.96. The summed E-state index contributed by atoms with van der Waals surface area (Å²) in [6.45, 7) is 3.19. The number of hydrogen-bond donors (Lipinski definition) is 1. The molecule has 0 aromatic heterocycles. The maximum absolute atomic E-state index is 12.3. The van der Waals surface area contributed by atoms with Gasteiger partial charge in [0.05, 0.1) is 21.3 Å². The molecule has 6 heteroatoms. The number of amides is 1. The molecule has 1 aromatic carbocycles. The molecule has 0 saturated carbocycles. The molecule has 1 aliphatic heterocycles. The predicted octanol–water partition coefficient (Wildman–Crippen LogP) is 1.38. The van der Waals surface area contributed by atoms with Crippen LogP contribution in [0.5, 0.6) is 17.2 Å². The number of carbonyl (C=O) groups is 1. The zero-order valence-electron chi connectivity index (χ0n) is 14.3. The lowest BCUT2D eigenvalue weighted by atomic mass is 10.0. The van der Waals surface area contributed by atoms with Gasteiger partial charge in [-0.3, -0.25) is 4.79 Å². The van der Waals surface area contributed by atoms with Crippen molar-refractivity contribution in [1.82, 2.24) is 4.90 Å². The molecule has 128 valence electrons. The van der Waals surface area contributed by atoms with Crippen LogP contribution >= 0.6 is 0 Å². The average molecular weight is 322 g/mol. The topological polar surface area (TPSA) is 74.0 Å². The molecule has 1 aromatic rings. The van der Waals surface area contributed by atoms with E-state index >= 15 is 0 Å². The van der Waals surface area contributed by atoms with Gasteiger partial charge in [0.1, 0.15) is 0 Å². The molecule has 1 amide bonds. The lowest BCUT2D eigenvalue weighted by Crippen LogP contribution is -2.36. The number of hydrogen-bond acceptors (Lipinski definition) is 5. The lowest BCUT2D eigenvalue weighted by Gasteiger charge is -2.21. The lowest BCUT2D eigenvalue weighted by molar-refractivity contribution is -0.131. The van der Waals surface area contributed by atoms with E-state index in [2.05, 4.69) is 0 Å². The standard InChI is InChI=1S/C17H26N2O4/c1-11(18)9-15(20)19-7-5-12-10-14(21-2)17(23-4)16(22-3)13(12)6-8-19/h10-11H,5-9,18H2,1-4H3. The first-order valence-electron chi connectivity index (χ1n) is 7.85. The quantitative estimate of drug-likeness (QED) is 0.886. The second kappa shape index (κ2) is 7.55. The molecule has 1 atom stereocenters. The Balaban J connectivity index is 2.30. The minimum absolute atomic E-state index is 0.103. The fourth-order valence-electron chi connectivity index (χ4n) is 3.03. The molecular weight excluding hydrogens is 296 g/mol. The molecule has 0 spiro atoms. The Kier molecular flexibility index (Phi) is 5.71. The van der Waals surface area contributed by atoms with Crippen molar-refractivity contribution in [3.05, 3.63) is 17.2 Å². The minimum Gasteiger partial charge on any atom is -0.493 e. The first kappa shape index (κ1) is 17.4. The molecule has 0 fully saturated rings.